The van der Waals surface area contributed by atoms with Crippen LogP contribution in [0.25, 0.3) is 0 Å². The van der Waals surface area contributed by atoms with Gasteiger partial charge in [0.05, 0.1) is 56.9 Å². The van der Waals surface area contributed by atoms with Crippen LogP contribution in [-0.2, 0) is 38.0 Å². The van der Waals surface area contributed by atoms with E-state index in [1.165, 1.54) is 13.8 Å². The van der Waals surface area contributed by atoms with Crippen LogP contribution in [0.4, 0.5) is 0 Å². The molecular formula is C29H51NO20. The van der Waals surface area contributed by atoms with Crippen LogP contribution in [0.2, 0.25) is 0 Å². The molecule has 20 unspecified atom stereocenters. The van der Waals surface area contributed by atoms with Gasteiger partial charge in [-0.25, -0.2) is 4.79 Å². The molecule has 0 saturated carbocycles. The Morgan fingerprint density at radius 1 is 0.820 bits per heavy atom. The third-order valence-corrected chi connectivity index (χ3v) is 9.73. The molecule has 0 amide bonds. The van der Waals surface area contributed by atoms with E-state index in [2.05, 4.69) is 0 Å². The van der Waals surface area contributed by atoms with Crippen molar-refractivity contribution in [2.75, 3.05) is 26.4 Å². The smallest absolute Gasteiger partial charge is 0.364 e. The highest BCUT2D eigenvalue weighted by Gasteiger charge is 2.56. The van der Waals surface area contributed by atoms with E-state index >= 15 is 0 Å². The zero-order chi connectivity index (χ0) is 37.2. The van der Waals surface area contributed by atoms with Crippen LogP contribution in [0.5, 0.6) is 0 Å². The molecule has 4 aliphatic heterocycles. The Kier molecular flexibility index (Phi) is 14.3. The van der Waals surface area contributed by atoms with E-state index in [0.29, 0.717) is 0 Å². The predicted octanol–water partition coefficient (Wildman–Crippen LogP) is -7.20. The highest BCUT2D eigenvalue weighted by atomic mass is 16.8. The van der Waals surface area contributed by atoms with Crippen molar-refractivity contribution < 1.29 is 99.2 Å². The fourth-order valence-corrected chi connectivity index (χ4v) is 6.55. The average Bonchev–Trinajstić information content (AvgIpc) is 3.08. The molecule has 0 aromatic heterocycles. The Morgan fingerprint density at radius 3 is 2.04 bits per heavy atom. The topological polar surface area (TPSA) is 350 Å². The second-order valence-electron chi connectivity index (χ2n) is 13.3. The predicted molar refractivity (Wildman–Crippen MR) is 158 cm³/mol. The lowest BCUT2D eigenvalue weighted by molar-refractivity contribution is -0.362. The fourth-order valence-electron chi connectivity index (χ4n) is 6.55. The lowest BCUT2D eigenvalue weighted by atomic mass is 9.89. The van der Waals surface area contributed by atoms with Crippen molar-refractivity contribution >= 4 is 5.97 Å². The van der Waals surface area contributed by atoms with Crippen LogP contribution >= 0.6 is 0 Å². The van der Waals surface area contributed by atoms with Crippen molar-refractivity contribution in [3.05, 3.63) is 0 Å². The van der Waals surface area contributed by atoms with Gasteiger partial charge in [-0.1, -0.05) is 6.92 Å². The Morgan fingerprint density at radius 2 is 1.44 bits per heavy atom. The zero-order valence-corrected chi connectivity index (χ0v) is 27.4. The average molecular weight is 734 g/mol. The van der Waals surface area contributed by atoms with E-state index < -0.39 is 161 Å². The number of carbonyl (C=O) groups is 1. The van der Waals surface area contributed by atoms with Gasteiger partial charge < -0.3 is 100 Å². The van der Waals surface area contributed by atoms with E-state index in [-0.39, 0.29) is 6.42 Å². The molecule has 20 atom stereocenters. The number of rotatable bonds is 13. The van der Waals surface area contributed by atoms with Gasteiger partial charge in [0.1, 0.15) is 67.1 Å². The summed E-state index contributed by atoms with van der Waals surface area (Å²) in [7, 11) is 0. The van der Waals surface area contributed by atoms with Crippen molar-refractivity contribution in [1.82, 2.24) is 0 Å². The molecule has 292 valence electrons. The summed E-state index contributed by atoms with van der Waals surface area (Å²) in [6.45, 7) is 0.0701. The van der Waals surface area contributed by atoms with Gasteiger partial charge in [-0.15, -0.1) is 0 Å². The van der Waals surface area contributed by atoms with Crippen molar-refractivity contribution in [2.24, 2.45) is 11.7 Å². The number of aliphatic hydroxyl groups excluding tert-OH is 11. The van der Waals surface area contributed by atoms with Crippen LogP contribution in [0.15, 0.2) is 0 Å². The Bertz CT molecular complexity index is 1090. The molecule has 4 aliphatic rings. The maximum atomic E-state index is 12.4. The number of ether oxygens (including phenoxy) is 7. The van der Waals surface area contributed by atoms with Gasteiger partial charge in [0, 0.05) is 18.8 Å². The van der Waals surface area contributed by atoms with Gasteiger partial charge in [-0.3, -0.25) is 0 Å². The van der Waals surface area contributed by atoms with Gasteiger partial charge in [-0.2, -0.15) is 0 Å². The van der Waals surface area contributed by atoms with Gasteiger partial charge in [-0.05, 0) is 6.92 Å². The minimum atomic E-state index is -2.67. The molecule has 21 nitrogen and oxygen atoms in total. The number of aliphatic hydroxyl groups is 11. The first-order valence-electron chi connectivity index (χ1n) is 16.3. The number of nitrogens with two attached hydrogens (primary N) is 1. The lowest BCUT2D eigenvalue weighted by Gasteiger charge is -2.48. The summed E-state index contributed by atoms with van der Waals surface area (Å²) in [4.78, 5) is 12.4. The van der Waals surface area contributed by atoms with Gasteiger partial charge >= 0.3 is 5.97 Å². The first-order chi connectivity index (χ1) is 23.5. The highest BCUT2D eigenvalue weighted by Crippen LogP contribution is 2.36. The second kappa shape index (κ2) is 17.2. The van der Waals surface area contributed by atoms with Crippen molar-refractivity contribution in [1.29, 1.82) is 0 Å². The van der Waals surface area contributed by atoms with Crippen molar-refractivity contribution in [3.63, 3.8) is 0 Å². The summed E-state index contributed by atoms with van der Waals surface area (Å²) in [6.07, 6.45) is -25.6. The number of hydrogen-bond donors (Lipinski definition) is 13. The summed E-state index contributed by atoms with van der Waals surface area (Å²) in [5, 5.41) is 123. The molecule has 0 bridgehead atoms. The summed E-state index contributed by atoms with van der Waals surface area (Å²) < 4.78 is 39.8. The van der Waals surface area contributed by atoms with Crippen LogP contribution in [0.1, 0.15) is 26.7 Å². The van der Waals surface area contributed by atoms with E-state index in [4.69, 9.17) is 38.9 Å². The molecule has 4 heterocycles. The quantitative estimate of drug-likeness (QED) is 0.0836. The summed E-state index contributed by atoms with van der Waals surface area (Å²) in [5.41, 5.74) is 5.87. The molecular weight excluding hydrogens is 682 g/mol. The molecule has 4 rings (SSSR count). The van der Waals surface area contributed by atoms with Crippen LogP contribution in [-0.4, -0.2) is 210 Å². The van der Waals surface area contributed by atoms with E-state index in [9.17, 15) is 66.1 Å². The molecule has 0 aromatic rings. The molecule has 4 fully saturated rings. The molecule has 0 aliphatic carbocycles. The van der Waals surface area contributed by atoms with Crippen molar-refractivity contribution in [3.8, 4) is 0 Å². The maximum absolute atomic E-state index is 12.4. The van der Waals surface area contributed by atoms with Crippen molar-refractivity contribution in [2.45, 2.75) is 143 Å². The zero-order valence-electron chi connectivity index (χ0n) is 27.4. The molecule has 14 N–H and O–H groups in total. The van der Waals surface area contributed by atoms with Crippen LogP contribution in [0, 0.1) is 5.92 Å². The standard InChI is InChI=1S/C29H51NO20/c1-9-19(38)24(16(7-33)46-26(9)48-23-10(2)45-15(6-32)21(40)22(23)41)49-27-12(35)3-11(34)17(47-27)8-44-29(28(42)43)4-13(36)18(30)25(50-29)20(39)14(37)5-31/h9-27,31-41H,3-8,30H2,1-2H3,(H,42,43). The Balaban J connectivity index is 1.43. The van der Waals surface area contributed by atoms with E-state index in [0.717, 1.165) is 0 Å². The first-order valence-corrected chi connectivity index (χ1v) is 16.3. The fraction of sp³-hybridized carbons (Fsp3) is 0.966. The van der Waals surface area contributed by atoms with Crippen LogP contribution < -0.4 is 5.73 Å². The van der Waals surface area contributed by atoms with Crippen LogP contribution in [0.3, 0.4) is 0 Å². The van der Waals surface area contributed by atoms with Gasteiger partial charge in [0.15, 0.2) is 12.6 Å². The number of aliphatic carboxylic acids is 1. The number of carboxylic acid groups (broad SMARTS) is 1. The Labute approximate surface area is 286 Å². The maximum Gasteiger partial charge on any atom is 0.364 e. The molecule has 0 radical (unpaired) electrons. The molecule has 0 aromatic carbocycles. The SMILES string of the molecule is CC1OC(CO)C(O)C(O)C1OC1OC(CO)C(OC2OC(COC3(C(=O)O)CC(O)C(N)C(C(O)C(O)CO)O3)C(O)CC2O)C(O)C1C. The Hall–Kier alpha value is -1.29. The first kappa shape index (κ1) is 41.5. The van der Waals surface area contributed by atoms with Gasteiger partial charge in [0.2, 0.25) is 0 Å². The second-order valence-corrected chi connectivity index (χ2v) is 13.3. The van der Waals surface area contributed by atoms with Gasteiger partial charge in [0.25, 0.3) is 5.79 Å². The number of hydrogen-bond acceptors (Lipinski definition) is 20. The lowest BCUT2D eigenvalue weighted by Crippen LogP contribution is -2.67. The molecule has 0 spiro atoms. The minimum Gasteiger partial charge on any atom is -0.477 e. The molecule has 4 saturated heterocycles. The minimum absolute atomic E-state index is 0.388. The largest absolute Gasteiger partial charge is 0.477 e. The summed E-state index contributed by atoms with van der Waals surface area (Å²) >= 11 is 0. The normalized spacial score (nSPS) is 48.6. The third-order valence-electron chi connectivity index (χ3n) is 9.73. The summed E-state index contributed by atoms with van der Waals surface area (Å²) in [5.74, 6) is -5.35. The summed E-state index contributed by atoms with van der Waals surface area (Å²) in [6, 6.07) is -1.39. The monoisotopic (exact) mass is 733 g/mol. The van der Waals surface area contributed by atoms with E-state index in [1.54, 1.807) is 0 Å². The third kappa shape index (κ3) is 8.57. The highest BCUT2D eigenvalue weighted by molar-refractivity contribution is 5.76. The number of carboxylic acids is 1. The molecule has 21 heteroatoms. The molecule has 50 heavy (non-hydrogen) atoms. The van der Waals surface area contributed by atoms with E-state index in [1.807, 2.05) is 0 Å².